The Bertz CT molecular complexity index is 810. The Morgan fingerprint density at radius 1 is 1.00 bits per heavy atom. The zero-order valence-electron chi connectivity index (χ0n) is 14.9. The van der Waals surface area contributed by atoms with Crippen LogP contribution in [0.3, 0.4) is 0 Å². The second-order valence-corrected chi connectivity index (χ2v) is 6.91. The molecular weight excluding hydrogens is 335 g/mol. The molecule has 0 N–H and O–H groups in total. The van der Waals surface area contributed by atoms with Crippen LogP contribution in [0.1, 0.15) is 61.6 Å². The van der Waals surface area contributed by atoms with Gasteiger partial charge >= 0.3 is 0 Å². The van der Waals surface area contributed by atoms with Crippen LogP contribution in [-0.2, 0) is 6.42 Å². The van der Waals surface area contributed by atoms with Crippen molar-refractivity contribution >= 4 is 0 Å². The molecule has 3 rings (SSSR count). The van der Waals surface area contributed by atoms with Crippen LogP contribution in [0, 0.1) is 35.5 Å². The van der Waals surface area contributed by atoms with Crippen LogP contribution in [0.2, 0.25) is 0 Å². The van der Waals surface area contributed by atoms with E-state index >= 15 is 0 Å². The molecule has 1 nitrogen and oxygen atoms in total. The molecule has 1 aromatic heterocycles. The fraction of sp³-hybridized carbons (Fsp3) is 0.409. The number of halogens is 3. The normalized spacial score (nSPS) is 19.7. The molecule has 1 heterocycles. The number of pyridine rings is 1. The van der Waals surface area contributed by atoms with Gasteiger partial charge in [-0.05, 0) is 55.2 Å². The van der Waals surface area contributed by atoms with Crippen molar-refractivity contribution in [3.63, 3.8) is 0 Å². The summed E-state index contributed by atoms with van der Waals surface area (Å²) in [5.41, 5.74) is 2.56. The Kier molecular flexibility index (Phi) is 5.98. The van der Waals surface area contributed by atoms with Crippen LogP contribution >= 0.6 is 0 Å². The highest BCUT2D eigenvalue weighted by Gasteiger charge is 2.21. The smallest absolute Gasteiger partial charge is 0.202 e. The monoisotopic (exact) mass is 357 g/mol. The third kappa shape index (κ3) is 4.46. The van der Waals surface area contributed by atoms with Gasteiger partial charge in [-0.15, -0.1) is 0 Å². The first-order valence-electron chi connectivity index (χ1n) is 9.18. The lowest BCUT2D eigenvalue weighted by Crippen LogP contribution is -2.12. The molecule has 0 amide bonds. The van der Waals surface area contributed by atoms with E-state index in [1.807, 2.05) is 0 Å². The van der Waals surface area contributed by atoms with Gasteiger partial charge in [0.1, 0.15) is 0 Å². The molecule has 2 aromatic rings. The summed E-state index contributed by atoms with van der Waals surface area (Å²) in [6.45, 7) is 2.18. The summed E-state index contributed by atoms with van der Waals surface area (Å²) in [6, 6.07) is 9.65. The van der Waals surface area contributed by atoms with Gasteiger partial charge in [-0.1, -0.05) is 49.5 Å². The number of hydrogen-bond acceptors (Lipinski definition) is 1. The van der Waals surface area contributed by atoms with Crippen LogP contribution in [-0.4, -0.2) is 4.98 Å². The molecule has 136 valence electrons. The van der Waals surface area contributed by atoms with Crippen molar-refractivity contribution in [3.8, 4) is 11.8 Å². The minimum absolute atomic E-state index is 0.151. The topological polar surface area (TPSA) is 12.9 Å². The van der Waals surface area contributed by atoms with Gasteiger partial charge in [0.25, 0.3) is 5.95 Å². The second kappa shape index (κ2) is 8.40. The minimum Gasteiger partial charge on any atom is -0.202 e. The maximum atomic E-state index is 13.5. The van der Waals surface area contributed by atoms with Crippen LogP contribution in [0.4, 0.5) is 13.2 Å². The molecule has 4 heteroatoms. The van der Waals surface area contributed by atoms with E-state index in [1.54, 1.807) is 0 Å². The zero-order valence-corrected chi connectivity index (χ0v) is 14.9. The summed E-state index contributed by atoms with van der Waals surface area (Å²) in [6.07, 6.45) is 6.17. The van der Waals surface area contributed by atoms with Gasteiger partial charge in [0.05, 0.1) is 5.56 Å². The van der Waals surface area contributed by atoms with E-state index in [-0.39, 0.29) is 11.5 Å². The second-order valence-electron chi connectivity index (χ2n) is 6.91. The first-order chi connectivity index (χ1) is 12.6. The summed E-state index contributed by atoms with van der Waals surface area (Å²) < 4.78 is 39.6. The summed E-state index contributed by atoms with van der Waals surface area (Å²) in [5.74, 6) is 2.66. The van der Waals surface area contributed by atoms with Gasteiger partial charge in [0, 0.05) is 5.92 Å². The Morgan fingerprint density at radius 2 is 1.69 bits per heavy atom. The molecule has 1 aliphatic rings. The van der Waals surface area contributed by atoms with Crippen LogP contribution in [0.15, 0.2) is 30.3 Å². The molecular formula is C22H22F3N. The number of aryl methyl sites for hydroxylation is 1. The van der Waals surface area contributed by atoms with Crippen molar-refractivity contribution in [2.45, 2.75) is 51.4 Å². The van der Waals surface area contributed by atoms with Gasteiger partial charge < -0.3 is 0 Å². The van der Waals surface area contributed by atoms with E-state index in [2.05, 4.69) is 48.0 Å². The number of rotatable bonds is 3. The number of hydrogen-bond donors (Lipinski definition) is 0. The first-order valence-corrected chi connectivity index (χ1v) is 9.18. The van der Waals surface area contributed by atoms with Gasteiger partial charge in [-0.25, -0.2) is 4.39 Å². The lowest BCUT2D eigenvalue weighted by atomic mass is 9.79. The van der Waals surface area contributed by atoms with Crippen LogP contribution in [0.25, 0.3) is 0 Å². The summed E-state index contributed by atoms with van der Waals surface area (Å²) >= 11 is 0. The lowest BCUT2D eigenvalue weighted by molar-refractivity contribution is 0.384. The number of benzene rings is 1. The average Bonchev–Trinajstić information content (AvgIpc) is 2.65. The van der Waals surface area contributed by atoms with Crippen LogP contribution < -0.4 is 0 Å². The summed E-state index contributed by atoms with van der Waals surface area (Å²) in [5, 5.41) is 0. The third-order valence-corrected chi connectivity index (χ3v) is 5.01. The zero-order chi connectivity index (χ0) is 18.5. The Morgan fingerprint density at radius 3 is 2.35 bits per heavy atom. The van der Waals surface area contributed by atoms with Gasteiger partial charge in [-0.2, -0.15) is 13.8 Å². The van der Waals surface area contributed by atoms with Crippen molar-refractivity contribution in [3.05, 3.63) is 64.7 Å². The molecule has 0 atom stereocenters. The number of aromatic nitrogens is 1. The molecule has 0 saturated heterocycles. The molecule has 0 spiro atoms. The molecule has 0 aliphatic heterocycles. The van der Waals surface area contributed by atoms with E-state index in [1.165, 1.54) is 11.1 Å². The molecule has 1 saturated carbocycles. The molecule has 26 heavy (non-hydrogen) atoms. The first kappa shape index (κ1) is 18.5. The van der Waals surface area contributed by atoms with Crippen LogP contribution in [0.5, 0.6) is 0 Å². The fourth-order valence-corrected chi connectivity index (χ4v) is 3.53. The molecule has 1 aromatic carbocycles. The average molecular weight is 357 g/mol. The highest BCUT2D eigenvalue weighted by Crippen LogP contribution is 2.35. The summed E-state index contributed by atoms with van der Waals surface area (Å²) in [7, 11) is 0. The largest absolute Gasteiger partial charge is 0.251 e. The minimum atomic E-state index is -1.43. The molecule has 1 aliphatic carbocycles. The van der Waals surface area contributed by atoms with E-state index in [0.717, 1.165) is 44.6 Å². The molecule has 0 bridgehead atoms. The van der Waals surface area contributed by atoms with Gasteiger partial charge in [0.15, 0.2) is 5.82 Å². The Labute approximate surface area is 152 Å². The Balaban J connectivity index is 1.60. The van der Waals surface area contributed by atoms with E-state index in [4.69, 9.17) is 0 Å². The molecule has 0 radical (unpaired) electrons. The van der Waals surface area contributed by atoms with Crippen molar-refractivity contribution in [2.24, 2.45) is 5.92 Å². The fourth-order valence-electron chi connectivity index (χ4n) is 3.53. The standard InChI is InChI=1S/C22H22F3N/c1-2-3-15-4-9-17(10-5-15)18-11-6-16(7-12-18)8-13-19-14-20(23)22(25)26-21(19)24/h4-5,9-10,14,16,18H,2-3,6-7,11-12H2,1H3/t16-,18-. The van der Waals surface area contributed by atoms with Gasteiger partial charge in [-0.3, -0.25) is 0 Å². The SMILES string of the molecule is CCCc1ccc([C@H]2CC[C@H](C#Cc3cc(F)c(F)nc3F)CC2)cc1. The highest BCUT2D eigenvalue weighted by molar-refractivity contribution is 5.34. The molecule has 1 fully saturated rings. The third-order valence-electron chi connectivity index (χ3n) is 5.01. The van der Waals surface area contributed by atoms with Crippen molar-refractivity contribution in [1.29, 1.82) is 0 Å². The van der Waals surface area contributed by atoms with E-state index in [9.17, 15) is 13.2 Å². The maximum absolute atomic E-state index is 13.5. The predicted octanol–water partition coefficient (Wildman–Crippen LogP) is 5.78. The van der Waals surface area contributed by atoms with E-state index in [0.29, 0.717) is 5.92 Å². The maximum Gasteiger partial charge on any atom is 0.251 e. The lowest BCUT2D eigenvalue weighted by Gasteiger charge is -2.26. The van der Waals surface area contributed by atoms with Crippen molar-refractivity contribution in [1.82, 2.24) is 4.98 Å². The quantitative estimate of drug-likeness (QED) is 0.501. The summed E-state index contributed by atoms with van der Waals surface area (Å²) in [4.78, 5) is 2.90. The van der Waals surface area contributed by atoms with Crippen molar-refractivity contribution in [2.75, 3.05) is 0 Å². The predicted molar refractivity (Wildman–Crippen MR) is 96.1 cm³/mol. The number of nitrogens with zero attached hydrogens (tertiary/aromatic N) is 1. The molecule has 0 unspecified atom stereocenters. The van der Waals surface area contributed by atoms with Crippen molar-refractivity contribution < 1.29 is 13.2 Å². The van der Waals surface area contributed by atoms with Gasteiger partial charge in [0.2, 0.25) is 5.95 Å². The van der Waals surface area contributed by atoms with E-state index < -0.39 is 17.7 Å². The highest BCUT2D eigenvalue weighted by atomic mass is 19.2. The Hall–Kier alpha value is -2.28.